The number of methoxy groups -OCH3 is 1. The van der Waals surface area contributed by atoms with Gasteiger partial charge in [-0.25, -0.2) is 18.7 Å². The van der Waals surface area contributed by atoms with Crippen molar-refractivity contribution in [3.63, 3.8) is 0 Å². The minimum atomic E-state index is -2.74. The molecule has 0 radical (unpaired) electrons. The van der Waals surface area contributed by atoms with Gasteiger partial charge in [-0.3, -0.25) is 0 Å². The monoisotopic (exact) mass is 429 g/mol. The highest BCUT2D eigenvalue weighted by molar-refractivity contribution is 7.99. The normalized spacial score (nSPS) is 15.8. The molecule has 3 rings (SSSR count). The number of ether oxygens (including phenoxy) is 1. The van der Waals surface area contributed by atoms with E-state index in [0.29, 0.717) is 40.7 Å². The number of aromatic nitrogens is 2. The number of alkyl halides is 2. The predicted octanol–water partition coefficient (Wildman–Crippen LogP) is 3.91. The van der Waals surface area contributed by atoms with Crippen molar-refractivity contribution in [1.82, 2.24) is 9.97 Å². The number of nitrogens with one attached hydrogen (secondary N) is 1. The van der Waals surface area contributed by atoms with E-state index in [-0.39, 0.29) is 18.7 Å². The zero-order valence-corrected chi connectivity index (χ0v) is 17.0. The van der Waals surface area contributed by atoms with E-state index in [1.54, 1.807) is 13.2 Å². The smallest absolute Gasteiger partial charge is 0.266 e. The van der Waals surface area contributed by atoms with Crippen molar-refractivity contribution in [2.24, 2.45) is 0 Å². The van der Waals surface area contributed by atoms with Crippen molar-refractivity contribution in [3.05, 3.63) is 34.9 Å². The summed E-state index contributed by atoms with van der Waals surface area (Å²) in [6.45, 7) is 0.720. The Labute approximate surface area is 171 Å². The second-order valence-corrected chi connectivity index (χ2v) is 7.88. The Bertz CT molecular complexity index is 827. The fourth-order valence-corrected chi connectivity index (χ4v) is 3.77. The third kappa shape index (κ3) is 5.15. The van der Waals surface area contributed by atoms with E-state index in [1.165, 1.54) is 16.7 Å². The van der Waals surface area contributed by atoms with E-state index in [0.717, 1.165) is 5.56 Å². The molecule has 1 saturated heterocycles. The lowest BCUT2D eigenvalue weighted by Gasteiger charge is -2.21. The van der Waals surface area contributed by atoms with E-state index >= 15 is 0 Å². The zero-order valence-electron chi connectivity index (χ0n) is 15.4. The number of nitrogens with two attached hydrogens (primary N) is 1. The lowest BCUT2D eigenvalue weighted by molar-refractivity contribution is 0.0257. The third-order valence-electron chi connectivity index (χ3n) is 4.30. The average Bonchev–Trinajstić information content (AvgIpc) is 3.02. The molecule has 10 heteroatoms. The van der Waals surface area contributed by atoms with Crippen LogP contribution in [0.3, 0.4) is 0 Å². The molecule has 0 spiro atoms. The summed E-state index contributed by atoms with van der Waals surface area (Å²) >= 11 is 7.58. The lowest BCUT2D eigenvalue weighted by atomic mass is 10.2. The summed E-state index contributed by atoms with van der Waals surface area (Å²) in [6.07, 6.45) is -0.217. The van der Waals surface area contributed by atoms with Gasteiger partial charge in [0, 0.05) is 37.4 Å². The molecule has 0 amide bonds. The molecule has 0 bridgehead atoms. The fourth-order valence-electron chi connectivity index (χ4n) is 2.83. The first-order valence-electron chi connectivity index (χ1n) is 8.79. The molecule has 2 aromatic rings. The molecule has 1 aromatic heterocycles. The van der Waals surface area contributed by atoms with Gasteiger partial charge in [0.25, 0.3) is 5.92 Å². The second kappa shape index (κ2) is 9.11. The molecule has 1 aromatic carbocycles. The van der Waals surface area contributed by atoms with Crippen LogP contribution in [0.25, 0.3) is 0 Å². The Morgan fingerprint density at radius 2 is 2.14 bits per heavy atom. The van der Waals surface area contributed by atoms with Crippen LogP contribution in [-0.2, 0) is 11.3 Å². The number of rotatable bonds is 8. The van der Waals surface area contributed by atoms with Crippen molar-refractivity contribution < 1.29 is 13.5 Å². The number of nitrogens with zero attached hydrogens (tertiary/aromatic N) is 3. The van der Waals surface area contributed by atoms with Gasteiger partial charge in [0.05, 0.1) is 13.2 Å². The molecule has 6 nitrogen and oxygen atoms in total. The molecule has 28 heavy (non-hydrogen) atoms. The van der Waals surface area contributed by atoms with Gasteiger partial charge in [0.2, 0.25) is 0 Å². The summed E-state index contributed by atoms with van der Waals surface area (Å²) in [6, 6.07) is 7.42. The molecule has 1 fully saturated rings. The van der Waals surface area contributed by atoms with Crippen LogP contribution in [0.1, 0.15) is 12.0 Å². The van der Waals surface area contributed by atoms with Crippen molar-refractivity contribution in [2.45, 2.75) is 24.0 Å². The maximum atomic E-state index is 13.7. The van der Waals surface area contributed by atoms with E-state index in [2.05, 4.69) is 15.3 Å². The fraction of sp³-hybridized carbons (Fsp3) is 0.444. The third-order valence-corrected chi connectivity index (χ3v) is 5.48. The van der Waals surface area contributed by atoms with Crippen molar-refractivity contribution in [1.29, 1.82) is 0 Å². The Morgan fingerprint density at radius 3 is 2.82 bits per heavy atom. The number of halogens is 3. The Morgan fingerprint density at radius 1 is 1.36 bits per heavy atom. The molecule has 152 valence electrons. The Kier molecular flexibility index (Phi) is 6.79. The zero-order chi connectivity index (χ0) is 20.1. The number of hydrogen-bond acceptors (Lipinski definition) is 7. The quantitative estimate of drug-likeness (QED) is 0.374. The molecule has 3 N–H and O–H groups in total. The summed E-state index contributed by atoms with van der Waals surface area (Å²) in [5.41, 5.74) is 7.37. The van der Waals surface area contributed by atoms with Gasteiger partial charge in [-0.05, 0) is 11.6 Å². The SMILES string of the molecule is COCCSc1nc(NCc2ccccc2Cl)c(N)c(N2CCC(F)(F)C2)n1. The summed E-state index contributed by atoms with van der Waals surface area (Å²) in [5.74, 6) is -1.37. The molecular weight excluding hydrogens is 408 g/mol. The lowest BCUT2D eigenvalue weighted by Crippen LogP contribution is -2.27. The van der Waals surface area contributed by atoms with Crippen LogP contribution in [0.5, 0.6) is 0 Å². The van der Waals surface area contributed by atoms with Gasteiger partial charge >= 0.3 is 0 Å². The molecule has 1 aliphatic rings. The van der Waals surface area contributed by atoms with Gasteiger partial charge < -0.3 is 20.7 Å². The molecule has 2 heterocycles. The predicted molar refractivity (Wildman–Crippen MR) is 110 cm³/mol. The summed E-state index contributed by atoms with van der Waals surface area (Å²) in [7, 11) is 1.61. The number of thioether (sulfide) groups is 1. The first kappa shape index (κ1) is 20.9. The molecule has 0 saturated carbocycles. The first-order chi connectivity index (χ1) is 13.4. The van der Waals surface area contributed by atoms with Crippen LogP contribution in [0.15, 0.2) is 29.4 Å². The number of anilines is 3. The van der Waals surface area contributed by atoms with Crippen molar-refractivity contribution in [3.8, 4) is 0 Å². The van der Waals surface area contributed by atoms with Gasteiger partial charge in [-0.1, -0.05) is 41.6 Å². The van der Waals surface area contributed by atoms with Gasteiger partial charge in [-0.2, -0.15) is 0 Å². The highest BCUT2D eigenvalue weighted by Crippen LogP contribution is 2.36. The number of nitrogen functional groups attached to an aromatic ring is 1. The van der Waals surface area contributed by atoms with Crippen LogP contribution in [0.2, 0.25) is 5.02 Å². The van der Waals surface area contributed by atoms with E-state index in [1.807, 2.05) is 18.2 Å². The molecule has 0 aliphatic carbocycles. The maximum Gasteiger partial charge on any atom is 0.266 e. The van der Waals surface area contributed by atoms with Crippen LogP contribution in [0, 0.1) is 0 Å². The summed E-state index contributed by atoms with van der Waals surface area (Å²) in [4.78, 5) is 10.4. The Balaban J connectivity index is 1.85. The Hall–Kier alpha value is -1.84. The van der Waals surface area contributed by atoms with Gasteiger partial charge in [0.15, 0.2) is 16.8 Å². The average molecular weight is 430 g/mol. The van der Waals surface area contributed by atoms with Crippen LogP contribution in [0.4, 0.5) is 26.1 Å². The largest absolute Gasteiger partial charge is 0.393 e. The highest BCUT2D eigenvalue weighted by atomic mass is 35.5. The summed E-state index contributed by atoms with van der Waals surface area (Å²) < 4.78 is 32.4. The van der Waals surface area contributed by atoms with Gasteiger partial charge in [-0.15, -0.1) is 0 Å². The highest BCUT2D eigenvalue weighted by Gasteiger charge is 2.39. The summed E-state index contributed by atoms with van der Waals surface area (Å²) in [5, 5.41) is 4.24. The van der Waals surface area contributed by atoms with Crippen molar-refractivity contribution in [2.75, 3.05) is 48.5 Å². The van der Waals surface area contributed by atoms with Crippen LogP contribution >= 0.6 is 23.4 Å². The first-order valence-corrected chi connectivity index (χ1v) is 10.2. The topological polar surface area (TPSA) is 76.3 Å². The van der Waals surface area contributed by atoms with E-state index in [4.69, 9.17) is 22.1 Å². The maximum absolute atomic E-state index is 13.7. The minimum Gasteiger partial charge on any atom is -0.393 e. The molecule has 0 unspecified atom stereocenters. The van der Waals surface area contributed by atoms with Crippen LogP contribution in [-0.4, -0.2) is 48.4 Å². The van der Waals surface area contributed by atoms with E-state index < -0.39 is 12.5 Å². The molecule has 0 atom stereocenters. The minimum absolute atomic E-state index is 0.195. The van der Waals surface area contributed by atoms with Crippen LogP contribution < -0.4 is 16.0 Å². The number of benzene rings is 1. The van der Waals surface area contributed by atoms with Crippen molar-refractivity contribution >= 4 is 40.7 Å². The molecule has 1 aliphatic heterocycles. The van der Waals surface area contributed by atoms with Gasteiger partial charge in [0.1, 0.15) is 5.69 Å². The van der Waals surface area contributed by atoms with E-state index in [9.17, 15) is 8.78 Å². The standard InChI is InChI=1S/C18H22ClF2N5OS/c1-27-8-9-28-17-24-15(23-10-12-4-2-3-5-13(12)19)14(22)16(25-17)26-7-6-18(20,21)11-26/h2-5H,6-11,22H2,1H3,(H,23,24,25). The molecular formula is C18H22ClF2N5OS. The number of hydrogen-bond donors (Lipinski definition) is 2. The second-order valence-electron chi connectivity index (χ2n) is 6.41.